The van der Waals surface area contributed by atoms with Gasteiger partial charge in [0, 0.05) is 19.1 Å². The average molecular weight is 343 g/mol. The molecule has 0 aliphatic carbocycles. The highest BCUT2D eigenvalue weighted by molar-refractivity contribution is 5.92. The first-order chi connectivity index (χ1) is 12.2. The van der Waals surface area contributed by atoms with Gasteiger partial charge in [0.2, 0.25) is 0 Å². The average Bonchev–Trinajstić information content (AvgIpc) is 3.00. The first-order valence-electron chi connectivity index (χ1n) is 8.78. The topological polar surface area (TPSA) is 65.4 Å². The van der Waals surface area contributed by atoms with Crippen molar-refractivity contribution in [3.05, 3.63) is 47.3 Å². The van der Waals surface area contributed by atoms with Crippen LogP contribution in [0, 0.1) is 12.8 Å². The largest absolute Gasteiger partial charge is 0.493 e. The molecule has 1 amide bonds. The Hall–Kier alpha value is -2.34. The fraction of sp³-hybridized carbons (Fsp3) is 0.474. The Bertz CT molecular complexity index is 726. The van der Waals surface area contributed by atoms with Crippen LogP contribution in [0.4, 0.5) is 0 Å². The van der Waals surface area contributed by atoms with E-state index in [4.69, 9.17) is 9.47 Å². The molecule has 134 valence electrons. The summed E-state index contributed by atoms with van der Waals surface area (Å²) in [4.78, 5) is 12.5. The molecule has 2 heterocycles. The molecule has 0 saturated heterocycles. The summed E-state index contributed by atoms with van der Waals surface area (Å²) in [5, 5.41) is 7.40. The molecule has 0 saturated carbocycles. The van der Waals surface area contributed by atoms with E-state index >= 15 is 0 Å². The van der Waals surface area contributed by atoms with Crippen molar-refractivity contribution >= 4 is 5.91 Å². The Kier molecular flexibility index (Phi) is 5.71. The Balaban J connectivity index is 1.56. The smallest absolute Gasteiger partial charge is 0.269 e. The second kappa shape index (κ2) is 8.16. The predicted octanol–water partition coefficient (Wildman–Crippen LogP) is 2.21. The van der Waals surface area contributed by atoms with Gasteiger partial charge in [0.1, 0.15) is 11.4 Å². The van der Waals surface area contributed by atoms with Crippen molar-refractivity contribution in [3.63, 3.8) is 0 Å². The zero-order chi connectivity index (χ0) is 17.6. The van der Waals surface area contributed by atoms with Crippen LogP contribution in [0.25, 0.3) is 0 Å². The third-order valence-corrected chi connectivity index (χ3v) is 4.29. The van der Waals surface area contributed by atoms with Crippen LogP contribution in [0.1, 0.15) is 28.7 Å². The molecule has 1 unspecified atom stereocenters. The van der Waals surface area contributed by atoms with Gasteiger partial charge in [0.05, 0.1) is 25.5 Å². The highest BCUT2D eigenvalue weighted by Gasteiger charge is 2.21. The molecule has 0 spiro atoms. The molecule has 6 heteroatoms. The second-order valence-corrected chi connectivity index (χ2v) is 6.29. The molecule has 0 bridgehead atoms. The van der Waals surface area contributed by atoms with E-state index in [1.807, 2.05) is 38.1 Å². The van der Waals surface area contributed by atoms with Crippen molar-refractivity contribution in [3.8, 4) is 5.75 Å². The number of rotatable bonds is 7. The highest BCUT2D eigenvalue weighted by Crippen LogP contribution is 2.26. The molecule has 0 radical (unpaired) electrons. The van der Waals surface area contributed by atoms with Crippen LogP contribution in [0.2, 0.25) is 0 Å². The minimum absolute atomic E-state index is 0.101. The van der Waals surface area contributed by atoms with E-state index in [-0.39, 0.29) is 11.8 Å². The van der Waals surface area contributed by atoms with Gasteiger partial charge < -0.3 is 14.8 Å². The van der Waals surface area contributed by atoms with Gasteiger partial charge in [-0.05, 0) is 38.0 Å². The third kappa shape index (κ3) is 4.39. The minimum Gasteiger partial charge on any atom is -0.493 e. The van der Waals surface area contributed by atoms with E-state index in [0.29, 0.717) is 38.6 Å². The van der Waals surface area contributed by atoms with Crippen LogP contribution < -0.4 is 10.1 Å². The van der Waals surface area contributed by atoms with Crippen molar-refractivity contribution in [2.75, 3.05) is 26.4 Å². The van der Waals surface area contributed by atoms with Gasteiger partial charge in [-0.3, -0.25) is 9.48 Å². The van der Waals surface area contributed by atoms with Crippen molar-refractivity contribution < 1.29 is 14.3 Å². The lowest BCUT2D eigenvalue weighted by molar-refractivity contribution is 0.0921. The Morgan fingerprint density at radius 3 is 3.12 bits per heavy atom. The molecule has 1 aromatic heterocycles. The van der Waals surface area contributed by atoms with Gasteiger partial charge in [-0.1, -0.05) is 18.2 Å². The summed E-state index contributed by atoms with van der Waals surface area (Å²) in [7, 11) is 0. The lowest BCUT2D eigenvalue weighted by atomic mass is 9.97. The summed E-state index contributed by atoms with van der Waals surface area (Å²) in [6, 6.07) is 9.88. The van der Waals surface area contributed by atoms with Crippen molar-refractivity contribution in [2.45, 2.75) is 26.8 Å². The third-order valence-electron chi connectivity index (χ3n) is 4.29. The van der Waals surface area contributed by atoms with E-state index in [1.165, 1.54) is 5.56 Å². The molecule has 25 heavy (non-hydrogen) atoms. The number of aromatic nitrogens is 2. The van der Waals surface area contributed by atoms with Crippen LogP contribution in [-0.4, -0.2) is 42.1 Å². The van der Waals surface area contributed by atoms with Crippen LogP contribution in [-0.2, 0) is 17.7 Å². The molecule has 1 aliphatic rings. The molecule has 1 aliphatic heterocycles. The van der Waals surface area contributed by atoms with Crippen molar-refractivity contribution in [1.29, 1.82) is 0 Å². The number of carbonyl (C=O) groups is 1. The molecular formula is C19H25N3O3. The lowest BCUT2D eigenvalue weighted by Crippen LogP contribution is -2.35. The number of carbonyl (C=O) groups excluding carboxylic acids is 1. The fourth-order valence-electron chi connectivity index (χ4n) is 3.04. The first kappa shape index (κ1) is 17.5. The summed E-state index contributed by atoms with van der Waals surface area (Å²) >= 11 is 0. The Morgan fingerprint density at radius 1 is 1.44 bits per heavy atom. The quantitative estimate of drug-likeness (QED) is 0.783. The van der Waals surface area contributed by atoms with E-state index in [1.54, 1.807) is 4.68 Å². The van der Waals surface area contributed by atoms with Gasteiger partial charge in [0.25, 0.3) is 5.91 Å². The normalized spacial score (nSPS) is 16.2. The summed E-state index contributed by atoms with van der Waals surface area (Å²) in [6.07, 6.45) is 0.916. The maximum Gasteiger partial charge on any atom is 0.269 e. The summed E-state index contributed by atoms with van der Waals surface area (Å²) < 4.78 is 12.9. The van der Waals surface area contributed by atoms with Gasteiger partial charge >= 0.3 is 0 Å². The van der Waals surface area contributed by atoms with Crippen LogP contribution >= 0.6 is 0 Å². The maximum absolute atomic E-state index is 12.5. The SMILES string of the molecule is CCOCCn1nc(C)cc1C(=O)NCC1COc2ccccc2C1. The number of hydrogen-bond donors (Lipinski definition) is 1. The number of benzene rings is 1. The van der Waals surface area contributed by atoms with Crippen LogP contribution in [0.5, 0.6) is 5.75 Å². The van der Waals surface area contributed by atoms with Gasteiger partial charge in [-0.15, -0.1) is 0 Å². The molecule has 1 aromatic carbocycles. The molecule has 2 aromatic rings. The van der Waals surface area contributed by atoms with Gasteiger partial charge in [0.15, 0.2) is 0 Å². The molecule has 6 nitrogen and oxygen atoms in total. The second-order valence-electron chi connectivity index (χ2n) is 6.29. The predicted molar refractivity (Wildman–Crippen MR) is 94.9 cm³/mol. The monoisotopic (exact) mass is 343 g/mol. The zero-order valence-corrected chi connectivity index (χ0v) is 14.8. The number of ether oxygens (including phenoxy) is 2. The first-order valence-corrected chi connectivity index (χ1v) is 8.78. The summed E-state index contributed by atoms with van der Waals surface area (Å²) in [5.74, 6) is 1.13. The number of nitrogens with one attached hydrogen (secondary N) is 1. The van der Waals surface area contributed by atoms with Crippen molar-refractivity contribution in [2.24, 2.45) is 5.92 Å². The molecular weight excluding hydrogens is 318 g/mol. The van der Waals surface area contributed by atoms with E-state index in [0.717, 1.165) is 17.9 Å². The molecule has 0 fully saturated rings. The maximum atomic E-state index is 12.5. The minimum atomic E-state index is -0.101. The molecule has 3 rings (SSSR count). The Labute approximate surface area is 148 Å². The van der Waals surface area contributed by atoms with E-state index in [9.17, 15) is 4.79 Å². The number of nitrogens with zero attached hydrogens (tertiary/aromatic N) is 2. The zero-order valence-electron chi connectivity index (χ0n) is 14.8. The number of aryl methyl sites for hydroxylation is 1. The number of amides is 1. The van der Waals surface area contributed by atoms with Gasteiger partial charge in [-0.2, -0.15) is 5.10 Å². The van der Waals surface area contributed by atoms with Crippen LogP contribution in [0.15, 0.2) is 30.3 Å². The Morgan fingerprint density at radius 2 is 2.28 bits per heavy atom. The molecule has 1 atom stereocenters. The number of fused-ring (bicyclic) bond motifs is 1. The standard InChI is InChI=1S/C19H25N3O3/c1-3-24-9-8-22-17(10-14(2)21-22)19(23)20-12-15-11-16-6-4-5-7-18(16)25-13-15/h4-7,10,15H,3,8-9,11-13H2,1-2H3,(H,20,23). The lowest BCUT2D eigenvalue weighted by Gasteiger charge is -2.25. The summed E-state index contributed by atoms with van der Waals surface area (Å²) in [6.45, 7) is 6.83. The van der Waals surface area contributed by atoms with E-state index < -0.39 is 0 Å². The fourth-order valence-corrected chi connectivity index (χ4v) is 3.04. The van der Waals surface area contributed by atoms with Gasteiger partial charge in [-0.25, -0.2) is 0 Å². The summed E-state index contributed by atoms with van der Waals surface area (Å²) in [5.41, 5.74) is 2.61. The highest BCUT2D eigenvalue weighted by atomic mass is 16.5. The van der Waals surface area contributed by atoms with E-state index in [2.05, 4.69) is 16.5 Å². The molecule has 1 N–H and O–H groups in total. The van der Waals surface area contributed by atoms with Crippen LogP contribution in [0.3, 0.4) is 0 Å². The number of para-hydroxylation sites is 1. The van der Waals surface area contributed by atoms with Crippen molar-refractivity contribution in [1.82, 2.24) is 15.1 Å². The number of hydrogen-bond acceptors (Lipinski definition) is 4.